The molecule has 21 heavy (non-hydrogen) atoms. The molecule has 0 aliphatic carbocycles. The largest absolute Gasteiger partial charge is 0.465 e. The fourth-order valence-electron chi connectivity index (χ4n) is 1.48. The van der Waals surface area contributed by atoms with Crippen LogP contribution < -0.4 is 0 Å². The Kier molecular flexibility index (Phi) is 5.14. The summed E-state index contributed by atoms with van der Waals surface area (Å²) in [5.74, 6) is -1.12. The second kappa shape index (κ2) is 6.13. The van der Waals surface area contributed by atoms with Gasteiger partial charge in [-0.25, -0.2) is 0 Å². The van der Waals surface area contributed by atoms with Crippen molar-refractivity contribution in [1.29, 1.82) is 0 Å². The highest BCUT2D eigenvalue weighted by Crippen LogP contribution is 2.38. The number of rotatable bonds is 3. The Morgan fingerprint density at radius 2 is 1.52 bits per heavy atom. The molecule has 1 atom stereocenters. The molecule has 118 valence electrons. The Labute approximate surface area is 120 Å². The summed E-state index contributed by atoms with van der Waals surface area (Å²) in [6.45, 7) is 1.32. The number of benzene rings is 1. The predicted octanol–water partition coefficient (Wildman–Crippen LogP) is 4.57. The Morgan fingerprint density at radius 3 is 1.86 bits per heavy atom. The Balaban J connectivity index is 3.35. The SMILES string of the molecule is CCOC(=O)C(Cl)c1cc(C(F)(F)F)cc(C(F)(F)F)c1. The molecular formula is C12H9ClF6O2. The molecule has 0 spiro atoms. The monoisotopic (exact) mass is 334 g/mol. The van der Waals surface area contributed by atoms with Crippen LogP contribution in [0.5, 0.6) is 0 Å². The lowest BCUT2D eigenvalue weighted by Crippen LogP contribution is -2.15. The number of alkyl halides is 7. The predicted molar refractivity (Wildman–Crippen MR) is 61.7 cm³/mol. The molecular weight excluding hydrogens is 326 g/mol. The van der Waals surface area contributed by atoms with Gasteiger partial charge in [0.15, 0.2) is 5.38 Å². The van der Waals surface area contributed by atoms with Crippen LogP contribution in [-0.4, -0.2) is 12.6 Å². The third-order valence-corrected chi connectivity index (χ3v) is 2.83. The van der Waals surface area contributed by atoms with Crippen LogP contribution in [0.25, 0.3) is 0 Å². The van der Waals surface area contributed by atoms with E-state index >= 15 is 0 Å². The fraction of sp³-hybridized carbons (Fsp3) is 0.417. The van der Waals surface area contributed by atoms with E-state index < -0.39 is 40.4 Å². The van der Waals surface area contributed by atoms with Gasteiger partial charge in [-0.15, -0.1) is 11.6 Å². The van der Waals surface area contributed by atoms with Crippen molar-refractivity contribution >= 4 is 17.6 Å². The Morgan fingerprint density at radius 1 is 1.10 bits per heavy atom. The molecule has 0 N–H and O–H groups in total. The minimum atomic E-state index is -5.00. The second-order valence-corrected chi connectivity index (χ2v) is 4.39. The van der Waals surface area contributed by atoms with Crippen molar-refractivity contribution in [3.8, 4) is 0 Å². The summed E-state index contributed by atoms with van der Waals surface area (Å²) < 4.78 is 80.2. The number of esters is 1. The molecule has 0 fully saturated rings. The van der Waals surface area contributed by atoms with E-state index in [4.69, 9.17) is 11.6 Å². The second-order valence-electron chi connectivity index (χ2n) is 3.95. The average molecular weight is 335 g/mol. The van der Waals surface area contributed by atoms with E-state index in [1.807, 2.05) is 0 Å². The van der Waals surface area contributed by atoms with Gasteiger partial charge in [-0.1, -0.05) is 0 Å². The van der Waals surface area contributed by atoms with Crippen LogP contribution in [0.4, 0.5) is 26.3 Å². The smallest absolute Gasteiger partial charge is 0.416 e. The van der Waals surface area contributed by atoms with Gasteiger partial charge >= 0.3 is 18.3 Å². The van der Waals surface area contributed by atoms with Crippen molar-refractivity contribution in [1.82, 2.24) is 0 Å². The van der Waals surface area contributed by atoms with Gasteiger partial charge in [0.25, 0.3) is 0 Å². The van der Waals surface area contributed by atoms with Gasteiger partial charge in [-0.05, 0) is 30.7 Å². The molecule has 2 nitrogen and oxygen atoms in total. The average Bonchev–Trinajstić information content (AvgIpc) is 2.35. The highest BCUT2D eigenvalue weighted by molar-refractivity contribution is 6.29. The zero-order chi connectivity index (χ0) is 16.4. The van der Waals surface area contributed by atoms with Crippen molar-refractivity contribution in [3.05, 3.63) is 34.9 Å². The summed E-state index contributed by atoms with van der Waals surface area (Å²) in [5, 5.41) is -1.76. The Hall–Kier alpha value is -1.44. The number of hydrogen-bond acceptors (Lipinski definition) is 2. The summed E-state index contributed by atoms with van der Waals surface area (Å²) in [4.78, 5) is 11.3. The van der Waals surface area contributed by atoms with E-state index in [0.29, 0.717) is 12.1 Å². The molecule has 0 saturated heterocycles. The zero-order valence-corrected chi connectivity index (χ0v) is 11.2. The van der Waals surface area contributed by atoms with E-state index in [2.05, 4.69) is 4.74 Å². The molecule has 0 heterocycles. The molecule has 9 heteroatoms. The topological polar surface area (TPSA) is 26.3 Å². The summed E-state index contributed by atoms with van der Waals surface area (Å²) in [6, 6.07) is 0.742. The van der Waals surface area contributed by atoms with E-state index in [0.717, 1.165) is 0 Å². The molecule has 0 aromatic heterocycles. The number of carbonyl (C=O) groups is 1. The van der Waals surface area contributed by atoms with Gasteiger partial charge in [0.05, 0.1) is 17.7 Å². The van der Waals surface area contributed by atoms with Gasteiger partial charge < -0.3 is 4.74 Å². The maximum atomic E-state index is 12.6. The molecule has 0 amide bonds. The van der Waals surface area contributed by atoms with Crippen LogP contribution in [0.2, 0.25) is 0 Å². The third kappa shape index (κ3) is 4.52. The number of hydrogen-bond donors (Lipinski definition) is 0. The summed E-state index contributed by atoms with van der Waals surface area (Å²) in [6.07, 6.45) is -10.00. The van der Waals surface area contributed by atoms with Crippen LogP contribution in [-0.2, 0) is 21.9 Å². The van der Waals surface area contributed by atoms with Crippen LogP contribution in [0, 0.1) is 0 Å². The van der Waals surface area contributed by atoms with Crippen molar-refractivity contribution in [3.63, 3.8) is 0 Å². The van der Waals surface area contributed by atoms with Gasteiger partial charge in [-0.3, -0.25) is 4.79 Å². The third-order valence-electron chi connectivity index (χ3n) is 2.40. The molecule has 0 saturated carbocycles. The zero-order valence-electron chi connectivity index (χ0n) is 10.5. The first-order chi connectivity index (χ1) is 9.46. The highest BCUT2D eigenvalue weighted by atomic mass is 35.5. The summed E-state index contributed by atoms with van der Waals surface area (Å²) >= 11 is 5.57. The van der Waals surface area contributed by atoms with Gasteiger partial charge in [0.1, 0.15) is 0 Å². The quantitative estimate of drug-likeness (QED) is 0.460. The summed E-state index contributed by atoms with van der Waals surface area (Å²) in [7, 11) is 0. The molecule has 1 unspecified atom stereocenters. The lowest BCUT2D eigenvalue weighted by molar-refractivity contribution is -0.145. The van der Waals surface area contributed by atoms with Crippen molar-refractivity contribution < 1.29 is 35.9 Å². The Bertz CT molecular complexity index is 491. The van der Waals surface area contributed by atoms with Gasteiger partial charge in [-0.2, -0.15) is 26.3 Å². The van der Waals surface area contributed by atoms with Crippen LogP contribution in [0.15, 0.2) is 18.2 Å². The molecule has 1 aromatic carbocycles. The molecule has 0 aliphatic rings. The first-order valence-corrected chi connectivity index (χ1v) is 6.00. The first-order valence-electron chi connectivity index (χ1n) is 5.57. The van der Waals surface area contributed by atoms with Crippen LogP contribution >= 0.6 is 11.6 Å². The normalized spacial score (nSPS) is 13.9. The van der Waals surface area contributed by atoms with Gasteiger partial charge in [0, 0.05) is 0 Å². The minimum absolute atomic E-state index is 0.0434. The van der Waals surface area contributed by atoms with Gasteiger partial charge in [0.2, 0.25) is 0 Å². The highest BCUT2D eigenvalue weighted by Gasteiger charge is 2.38. The van der Waals surface area contributed by atoms with E-state index in [1.165, 1.54) is 6.92 Å². The molecule has 1 rings (SSSR count). The lowest BCUT2D eigenvalue weighted by Gasteiger charge is -2.16. The summed E-state index contributed by atoms with van der Waals surface area (Å²) in [5.41, 5.74) is -3.71. The van der Waals surface area contributed by atoms with E-state index in [9.17, 15) is 31.1 Å². The molecule has 1 aromatic rings. The van der Waals surface area contributed by atoms with Crippen LogP contribution in [0.3, 0.4) is 0 Å². The minimum Gasteiger partial charge on any atom is -0.465 e. The van der Waals surface area contributed by atoms with Crippen molar-refractivity contribution in [2.45, 2.75) is 24.7 Å². The van der Waals surface area contributed by atoms with Crippen molar-refractivity contribution in [2.75, 3.05) is 6.61 Å². The number of halogens is 7. The first kappa shape index (κ1) is 17.6. The maximum absolute atomic E-state index is 12.6. The van der Waals surface area contributed by atoms with Crippen molar-refractivity contribution in [2.24, 2.45) is 0 Å². The van der Waals surface area contributed by atoms with Crippen LogP contribution in [0.1, 0.15) is 29.0 Å². The number of carbonyl (C=O) groups excluding carboxylic acids is 1. The number of ether oxygens (including phenoxy) is 1. The fourth-order valence-corrected chi connectivity index (χ4v) is 1.67. The molecule has 0 radical (unpaired) electrons. The standard InChI is InChI=1S/C12H9ClF6O2/c1-2-21-10(20)9(13)6-3-7(11(14,15)16)5-8(4-6)12(17,18)19/h3-5,9H,2H2,1H3. The molecule has 0 bridgehead atoms. The molecule has 0 aliphatic heterocycles. The lowest BCUT2D eigenvalue weighted by atomic mass is 10.0. The van der Waals surface area contributed by atoms with E-state index in [1.54, 1.807) is 0 Å². The van der Waals surface area contributed by atoms with E-state index in [-0.39, 0.29) is 12.7 Å². The maximum Gasteiger partial charge on any atom is 0.416 e.